The van der Waals surface area contributed by atoms with Gasteiger partial charge < -0.3 is 19.4 Å². The van der Waals surface area contributed by atoms with Crippen molar-refractivity contribution in [1.82, 2.24) is 29.3 Å². The van der Waals surface area contributed by atoms with Gasteiger partial charge in [-0.3, -0.25) is 4.68 Å². The van der Waals surface area contributed by atoms with Crippen LogP contribution in [-0.2, 0) is 16.5 Å². The molecule has 0 unspecified atom stereocenters. The minimum Gasteiger partial charge on any atom is -0.379 e. The Morgan fingerprint density at radius 2 is 1.85 bits per heavy atom. The number of imidazole rings is 1. The lowest BCUT2D eigenvalue weighted by Crippen LogP contribution is -2.23. The molecule has 0 saturated heterocycles. The van der Waals surface area contributed by atoms with Crippen LogP contribution in [0.1, 0.15) is 38.3 Å². The number of thiophene rings is 1. The summed E-state index contributed by atoms with van der Waals surface area (Å²) >= 11 is 1.65. The van der Waals surface area contributed by atoms with Crippen molar-refractivity contribution in [3.05, 3.63) is 30.2 Å². The normalized spacial score (nSPS) is 20.6. The number of anilines is 1. The molecule has 1 saturated carbocycles. The molecular weight excluding hydrogens is 450 g/mol. The molecule has 1 fully saturated rings. The molecule has 180 valence electrons. The number of ether oxygens (including phenoxy) is 2. The maximum absolute atomic E-state index is 5.66. The number of aromatic nitrogens is 6. The minimum atomic E-state index is 0.0629. The third-order valence-corrected chi connectivity index (χ3v) is 7.78. The van der Waals surface area contributed by atoms with Gasteiger partial charge in [0.05, 0.1) is 22.5 Å². The Morgan fingerprint density at radius 1 is 1.12 bits per heavy atom. The van der Waals surface area contributed by atoms with Crippen molar-refractivity contribution >= 4 is 27.4 Å². The summed E-state index contributed by atoms with van der Waals surface area (Å²) in [6.07, 6.45) is 7.54. The Hall–Kier alpha value is -2.82. The minimum absolute atomic E-state index is 0.0629. The summed E-state index contributed by atoms with van der Waals surface area (Å²) in [5.74, 6) is 2.16. The Labute approximate surface area is 203 Å². The highest BCUT2D eigenvalue weighted by Crippen LogP contribution is 2.41. The van der Waals surface area contributed by atoms with Crippen LogP contribution in [-0.4, -0.2) is 61.8 Å². The van der Waals surface area contributed by atoms with Crippen LogP contribution in [0.4, 0.5) is 5.82 Å². The average Bonchev–Trinajstić information content (AvgIpc) is 3.59. The van der Waals surface area contributed by atoms with Gasteiger partial charge in [-0.2, -0.15) is 5.10 Å². The lowest BCUT2D eigenvalue weighted by Gasteiger charge is -2.15. The van der Waals surface area contributed by atoms with Crippen molar-refractivity contribution in [1.29, 1.82) is 0 Å². The van der Waals surface area contributed by atoms with Gasteiger partial charge in [-0.1, -0.05) is 0 Å². The second-order valence-electron chi connectivity index (χ2n) is 9.13. The molecule has 4 aromatic heterocycles. The number of nitrogens with zero attached hydrogens (tertiary/aromatic N) is 6. The van der Waals surface area contributed by atoms with Crippen LogP contribution in [0.5, 0.6) is 0 Å². The second-order valence-corrected chi connectivity index (χ2v) is 10.1. The molecule has 34 heavy (non-hydrogen) atoms. The molecule has 0 spiro atoms. The molecule has 1 N–H and O–H groups in total. The lowest BCUT2D eigenvalue weighted by atomic mass is 10.1. The number of fused-ring (bicyclic) bond motifs is 1. The molecule has 4 aromatic rings. The average molecular weight is 482 g/mol. The van der Waals surface area contributed by atoms with Crippen molar-refractivity contribution in [2.75, 3.05) is 19.5 Å². The van der Waals surface area contributed by atoms with E-state index in [0.717, 1.165) is 50.8 Å². The van der Waals surface area contributed by atoms with Gasteiger partial charge in [0.2, 0.25) is 0 Å². The van der Waals surface area contributed by atoms with Gasteiger partial charge >= 0.3 is 0 Å². The highest BCUT2D eigenvalue weighted by atomic mass is 32.1. The van der Waals surface area contributed by atoms with Crippen LogP contribution >= 0.6 is 11.3 Å². The number of nitrogens with one attached hydrogen (secondary N) is 1. The fraction of sp³-hybridized carbons (Fsp3) is 0.500. The van der Waals surface area contributed by atoms with Crippen molar-refractivity contribution in [2.24, 2.45) is 7.05 Å². The Balaban J connectivity index is 1.61. The molecule has 0 bridgehead atoms. The van der Waals surface area contributed by atoms with Gasteiger partial charge in [0.1, 0.15) is 16.3 Å². The lowest BCUT2D eigenvalue weighted by molar-refractivity contribution is -0.0157. The summed E-state index contributed by atoms with van der Waals surface area (Å²) < 4.78 is 15.2. The van der Waals surface area contributed by atoms with Crippen LogP contribution in [0.3, 0.4) is 0 Å². The molecule has 4 heterocycles. The van der Waals surface area contributed by atoms with E-state index in [1.807, 2.05) is 28.7 Å². The van der Waals surface area contributed by atoms with E-state index in [1.165, 1.54) is 0 Å². The van der Waals surface area contributed by atoms with E-state index < -0.39 is 0 Å². The predicted molar refractivity (Wildman–Crippen MR) is 134 cm³/mol. The molecule has 0 aliphatic heterocycles. The Bertz CT molecular complexity index is 1300. The van der Waals surface area contributed by atoms with E-state index in [0.29, 0.717) is 11.9 Å². The standard InChI is InChI=1S/C24H31N7O2S/c1-13(2)31-9-7-16(29-31)20-14(3)19-21(26-15-11-17(32-5)18(12-15)33-6)27-22(28-24(19)34-20)23-25-8-10-30(23)4/h7-10,13,15,17-18H,11-12H2,1-6H3,(H,26,27,28)/t15-,17-,18+. The van der Waals surface area contributed by atoms with Gasteiger partial charge in [-0.05, 0) is 45.2 Å². The van der Waals surface area contributed by atoms with E-state index in [1.54, 1.807) is 31.8 Å². The van der Waals surface area contributed by atoms with E-state index in [9.17, 15) is 0 Å². The fourth-order valence-corrected chi connectivity index (χ4v) is 5.83. The summed E-state index contributed by atoms with van der Waals surface area (Å²) in [6, 6.07) is 2.56. The maximum Gasteiger partial charge on any atom is 0.199 e. The molecule has 10 heteroatoms. The van der Waals surface area contributed by atoms with Crippen LogP contribution in [0.2, 0.25) is 0 Å². The second kappa shape index (κ2) is 9.09. The first-order valence-electron chi connectivity index (χ1n) is 11.6. The quantitative estimate of drug-likeness (QED) is 0.417. The number of hydrogen-bond donors (Lipinski definition) is 1. The molecule has 9 nitrogen and oxygen atoms in total. The molecule has 0 radical (unpaired) electrons. The zero-order chi connectivity index (χ0) is 24.0. The number of rotatable bonds is 7. The Kier molecular flexibility index (Phi) is 6.13. The van der Waals surface area contributed by atoms with Crippen molar-refractivity contribution in [3.8, 4) is 22.2 Å². The zero-order valence-electron chi connectivity index (χ0n) is 20.4. The van der Waals surface area contributed by atoms with Crippen molar-refractivity contribution in [2.45, 2.75) is 57.9 Å². The maximum atomic E-state index is 5.66. The molecule has 1 aliphatic rings. The van der Waals surface area contributed by atoms with Gasteiger partial charge in [-0.15, -0.1) is 11.3 Å². The van der Waals surface area contributed by atoms with Gasteiger partial charge in [0, 0.05) is 51.9 Å². The first kappa shape index (κ1) is 22.9. The summed E-state index contributed by atoms with van der Waals surface area (Å²) in [5, 5.41) is 9.54. The Morgan fingerprint density at radius 3 is 2.44 bits per heavy atom. The van der Waals surface area contributed by atoms with E-state index in [-0.39, 0.29) is 18.2 Å². The first-order chi connectivity index (χ1) is 16.4. The summed E-state index contributed by atoms with van der Waals surface area (Å²) in [4.78, 5) is 16.4. The molecule has 1 aliphatic carbocycles. The molecule has 5 rings (SSSR count). The monoisotopic (exact) mass is 481 g/mol. The molecule has 0 amide bonds. The first-order valence-corrected chi connectivity index (χ1v) is 12.4. The molecular formula is C24H31N7O2S. The van der Waals surface area contributed by atoms with Crippen LogP contribution in [0.25, 0.3) is 32.4 Å². The zero-order valence-corrected chi connectivity index (χ0v) is 21.3. The topological polar surface area (TPSA) is 91.9 Å². The highest BCUT2D eigenvalue weighted by molar-refractivity contribution is 7.22. The molecule has 3 atom stereocenters. The highest BCUT2D eigenvalue weighted by Gasteiger charge is 2.35. The third-order valence-electron chi connectivity index (χ3n) is 6.58. The van der Waals surface area contributed by atoms with Crippen molar-refractivity contribution < 1.29 is 9.47 Å². The SMILES string of the molecule is CO[C@H]1C[C@H](Nc2nc(-c3nccn3C)nc3sc(-c4ccn(C(C)C)n4)c(C)c23)C[C@H]1OC. The largest absolute Gasteiger partial charge is 0.379 e. The number of aryl methyl sites for hydroxylation is 2. The summed E-state index contributed by atoms with van der Waals surface area (Å²) in [6.45, 7) is 6.38. The number of methoxy groups -OCH3 is 2. The summed E-state index contributed by atoms with van der Waals surface area (Å²) in [5.41, 5.74) is 2.09. The van der Waals surface area contributed by atoms with Crippen LogP contribution in [0.15, 0.2) is 24.7 Å². The fourth-order valence-electron chi connectivity index (χ4n) is 4.68. The smallest absolute Gasteiger partial charge is 0.199 e. The van der Waals surface area contributed by atoms with Crippen LogP contribution in [0, 0.1) is 6.92 Å². The van der Waals surface area contributed by atoms with Gasteiger partial charge in [0.25, 0.3) is 0 Å². The van der Waals surface area contributed by atoms with Gasteiger partial charge in [0.15, 0.2) is 11.6 Å². The van der Waals surface area contributed by atoms with Gasteiger partial charge in [-0.25, -0.2) is 15.0 Å². The number of hydrogen-bond acceptors (Lipinski definition) is 8. The third kappa shape index (κ3) is 3.99. The summed E-state index contributed by atoms with van der Waals surface area (Å²) in [7, 11) is 5.44. The predicted octanol–water partition coefficient (Wildman–Crippen LogP) is 4.45. The van der Waals surface area contributed by atoms with E-state index in [4.69, 9.17) is 24.5 Å². The van der Waals surface area contributed by atoms with E-state index >= 15 is 0 Å². The van der Waals surface area contributed by atoms with Crippen LogP contribution < -0.4 is 5.32 Å². The molecule has 0 aromatic carbocycles. The van der Waals surface area contributed by atoms with Crippen molar-refractivity contribution in [3.63, 3.8) is 0 Å². The van der Waals surface area contributed by atoms with E-state index in [2.05, 4.69) is 37.1 Å².